The van der Waals surface area contributed by atoms with Gasteiger partial charge in [0.05, 0.1) is 18.8 Å². The molecular weight excluding hydrogens is 208 g/mol. The number of fused-ring (bicyclic) bond motifs is 1. The van der Waals surface area contributed by atoms with Crippen LogP contribution >= 0.6 is 0 Å². The lowest BCUT2D eigenvalue weighted by molar-refractivity contribution is 0.160. The first-order valence-corrected chi connectivity index (χ1v) is 4.96. The Balaban J connectivity index is 2.07. The van der Waals surface area contributed by atoms with E-state index in [1.165, 1.54) is 0 Å². The van der Waals surface area contributed by atoms with Crippen LogP contribution in [-0.4, -0.2) is 42.5 Å². The molecule has 0 amide bonds. The second kappa shape index (κ2) is 3.53. The standard InChI is InChI=1S/C9H10N6O/c16-6-3-12-9-14-13-8(15(9)5-6)7-4-10-1-2-11-7/h1-2,4,6,16H,3,5H2,(H,12,14). The van der Waals surface area contributed by atoms with E-state index in [-0.39, 0.29) is 0 Å². The number of aromatic nitrogens is 5. The number of anilines is 1. The summed E-state index contributed by atoms with van der Waals surface area (Å²) in [6.45, 7) is 0.972. The fourth-order valence-corrected chi connectivity index (χ4v) is 1.70. The van der Waals surface area contributed by atoms with Gasteiger partial charge in [-0.15, -0.1) is 10.2 Å². The minimum absolute atomic E-state index is 0.432. The largest absolute Gasteiger partial charge is 0.389 e. The van der Waals surface area contributed by atoms with E-state index in [0.717, 1.165) is 0 Å². The second-order valence-corrected chi connectivity index (χ2v) is 3.58. The summed E-state index contributed by atoms with van der Waals surface area (Å²) < 4.78 is 1.80. The van der Waals surface area contributed by atoms with E-state index in [1.54, 1.807) is 23.2 Å². The predicted molar refractivity (Wildman–Crippen MR) is 55.5 cm³/mol. The molecular formula is C9H10N6O. The molecule has 0 fully saturated rings. The summed E-state index contributed by atoms with van der Waals surface area (Å²) in [5.41, 5.74) is 0.650. The normalized spacial score (nSPS) is 18.9. The van der Waals surface area contributed by atoms with Gasteiger partial charge >= 0.3 is 0 Å². The van der Waals surface area contributed by atoms with Crippen LogP contribution in [0.1, 0.15) is 0 Å². The maximum Gasteiger partial charge on any atom is 0.225 e. The van der Waals surface area contributed by atoms with Crippen molar-refractivity contribution in [2.75, 3.05) is 11.9 Å². The van der Waals surface area contributed by atoms with Gasteiger partial charge in [0.1, 0.15) is 5.69 Å². The highest BCUT2D eigenvalue weighted by atomic mass is 16.3. The van der Waals surface area contributed by atoms with Gasteiger partial charge < -0.3 is 10.4 Å². The van der Waals surface area contributed by atoms with E-state index in [1.807, 2.05) is 0 Å². The zero-order valence-electron chi connectivity index (χ0n) is 8.41. The summed E-state index contributed by atoms with van der Waals surface area (Å²) in [4.78, 5) is 8.14. The smallest absolute Gasteiger partial charge is 0.225 e. The van der Waals surface area contributed by atoms with Crippen LogP contribution in [-0.2, 0) is 6.54 Å². The first-order chi connectivity index (χ1) is 7.84. The van der Waals surface area contributed by atoms with Crippen LogP contribution in [0.15, 0.2) is 18.6 Å². The van der Waals surface area contributed by atoms with E-state index in [4.69, 9.17) is 0 Å². The highest BCUT2D eigenvalue weighted by Gasteiger charge is 2.21. The molecule has 0 radical (unpaired) electrons. The Morgan fingerprint density at radius 2 is 2.31 bits per heavy atom. The number of aliphatic hydroxyl groups excluding tert-OH is 1. The molecule has 2 aromatic heterocycles. The highest BCUT2D eigenvalue weighted by Crippen LogP contribution is 2.20. The minimum atomic E-state index is -0.432. The number of hydrogen-bond acceptors (Lipinski definition) is 6. The molecule has 0 aliphatic carbocycles. The summed E-state index contributed by atoms with van der Waals surface area (Å²) in [6, 6.07) is 0. The van der Waals surface area contributed by atoms with Crippen LogP contribution < -0.4 is 5.32 Å². The molecule has 2 aromatic rings. The van der Waals surface area contributed by atoms with Crippen molar-refractivity contribution in [1.82, 2.24) is 24.7 Å². The molecule has 1 aliphatic heterocycles. The van der Waals surface area contributed by atoms with E-state index in [9.17, 15) is 5.11 Å². The Morgan fingerprint density at radius 1 is 1.38 bits per heavy atom. The van der Waals surface area contributed by atoms with Crippen LogP contribution in [0.2, 0.25) is 0 Å². The van der Waals surface area contributed by atoms with Gasteiger partial charge in [0.15, 0.2) is 5.82 Å². The second-order valence-electron chi connectivity index (χ2n) is 3.58. The molecule has 1 atom stereocenters. The molecule has 7 heteroatoms. The molecule has 0 aromatic carbocycles. The average molecular weight is 218 g/mol. The van der Waals surface area contributed by atoms with E-state index < -0.39 is 6.10 Å². The van der Waals surface area contributed by atoms with Crippen LogP contribution in [0.5, 0.6) is 0 Å². The number of hydrogen-bond donors (Lipinski definition) is 2. The summed E-state index contributed by atoms with van der Waals surface area (Å²) >= 11 is 0. The summed E-state index contributed by atoms with van der Waals surface area (Å²) in [7, 11) is 0. The molecule has 2 N–H and O–H groups in total. The quantitative estimate of drug-likeness (QED) is 0.672. The Labute approximate surface area is 91.2 Å². The molecule has 0 saturated carbocycles. The zero-order chi connectivity index (χ0) is 11.0. The lowest BCUT2D eigenvalue weighted by Gasteiger charge is -2.21. The van der Waals surface area contributed by atoms with Crippen molar-refractivity contribution in [3.8, 4) is 11.5 Å². The molecule has 1 unspecified atom stereocenters. The number of nitrogens with one attached hydrogen (secondary N) is 1. The maximum absolute atomic E-state index is 9.57. The molecule has 0 saturated heterocycles. The van der Waals surface area contributed by atoms with Crippen LogP contribution in [0.25, 0.3) is 11.5 Å². The number of rotatable bonds is 1. The van der Waals surface area contributed by atoms with Crippen molar-refractivity contribution in [3.63, 3.8) is 0 Å². The lowest BCUT2D eigenvalue weighted by Crippen LogP contribution is -2.31. The topological polar surface area (TPSA) is 88.8 Å². The lowest BCUT2D eigenvalue weighted by atomic mass is 10.3. The number of β-amino-alcohol motifs (C(OH)–C–C–N with tert-alkyl or cyclic N) is 1. The third-order valence-electron chi connectivity index (χ3n) is 2.43. The first kappa shape index (κ1) is 9.22. The number of nitrogens with zero attached hydrogens (tertiary/aromatic N) is 5. The van der Waals surface area contributed by atoms with Gasteiger partial charge in [0.2, 0.25) is 5.95 Å². The molecule has 82 valence electrons. The Kier molecular flexibility index (Phi) is 2.03. The van der Waals surface area contributed by atoms with Crippen molar-refractivity contribution >= 4 is 5.95 Å². The van der Waals surface area contributed by atoms with Gasteiger partial charge in [-0.1, -0.05) is 0 Å². The third-order valence-corrected chi connectivity index (χ3v) is 2.43. The van der Waals surface area contributed by atoms with Gasteiger partial charge in [0, 0.05) is 18.9 Å². The Morgan fingerprint density at radius 3 is 3.12 bits per heavy atom. The molecule has 1 aliphatic rings. The third kappa shape index (κ3) is 1.41. The average Bonchev–Trinajstić information content (AvgIpc) is 2.73. The molecule has 3 heterocycles. The number of aliphatic hydroxyl groups is 1. The van der Waals surface area contributed by atoms with E-state index >= 15 is 0 Å². The fraction of sp³-hybridized carbons (Fsp3) is 0.333. The summed E-state index contributed by atoms with van der Waals surface area (Å²) in [5, 5.41) is 20.6. The zero-order valence-corrected chi connectivity index (χ0v) is 8.41. The van der Waals surface area contributed by atoms with Crippen LogP contribution in [0.3, 0.4) is 0 Å². The van der Waals surface area contributed by atoms with Gasteiger partial charge in [-0.05, 0) is 0 Å². The molecule has 16 heavy (non-hydrogen) atoms. The Bertz CT molecular complexity index is 496. The van der Waals surface area contributed by atoms with Crippen LogP contribution in [0, 0.1) is 0 Å². The van der Waals surface area contributed by atoms with Crippen molar-refractivity contribution in [3.05, 3.63) is 18.6 Å². The van der Waals surface area contributed by atoms with Gasteiger partial charge in [-0.2, -0.15) is 0 Å². The van der Waals surface area contributed by atoms with Gasteiger partial charge in [-0.25, -0.2) is 4.98 Å². The van der Waals surface area contributed by atoms with E-state index in [0.29, 0.717) is 30.6 Å². The fourth-order valence-electron chi connectivity index (χ4n) is 1.70. The van der Waals surface area contributed by atoms with Gasteiger partial charge in [0.25, 0.3) is 0 Å². The molecule has 7 nitrogen and oxygen atoms in total. The van der Waals surface area contributed by atoms with Crippen LogP contribution in [0.4, 0.5) is 5.95 Å². The summed E-state index contributed by atoms with van der Waals surface area (Å²) in [5.74, 6) is 1.28. The van der Waals surface area contributed by atoms with Crippen molar-refractivity contribution in [1.29, 1.82) is 0 Å². The van der Waals surface area contributed by atoms with Crippen molar-refractivity contribution < 1.29 is 5.11 Å². The maximum atomic E-state index is 9.57. The monoisotopic (exact) mass is 218 g/mol. The van der Waals surface area contributed by atoms with Gasteiger partial charge in [-0.3, -0.25) is 9.55 Å². The first-order valence-electron chi connectivity index (χ1n) is 4.96. The highest BCUT2D eigenvalue weighted by molar-refractivity contribution is 5.51. The van der Waals surface area contributed by atoms with Crippen molar-refractivity contribution in [2.24, 2.45) is 0 Å². The van der Waals surface area contributed by atoms with Crippen molar-refractivity contribution in [2.45, 2.75) is 12.6 Å². The Hall–Kier alpha value is -2.02. The molecule has 3 rings (SSSR count). The SMILES string of the molecule is OC1CNc2nnc(-c3cnccn3)n2C1. The van der Waals surface area contributed by atoms with E-state index in [2.05, 4.69) is 25.5 Å². The summed E-state index contributed by atoms with van der Waals surface area (Å²) in [6.07, 6.45) is 4.39. The predicted octanol–water partition coefficient (Wildman–Crippen LogP) is -0.479. The minimum Gasteiger partial charge on any atom is -0.389 e. The molecule has 0 bridgehead atoms. The molecule has 0 spiro atoms.